The molecule has 10 heteroatoms. The molecule has 194 valence electrons. The van der Waals surface area contributed by atoms with E-state index in [1.807, 2.05) is 6.07 Å². The lowest BCUT2D eigenvalue weighted by molar-refractivity contribution is 0.0533. The zero-order valence-electron chi connectivity index (χ0n) is 20.8. The first kappa shape index (κ1) is 24.0. The standard InChI is InChI=1S/C28H27FN6O3/c29-22-7-5-17(14-24-19-3-1-2-4-20(19)26(36)33-32-24)13-21(22)28(38)35-11-9-34(10-12-35)27(37)18-6-8-23-25(15-18)31-16-30-23/h5-8,13,15-16H,1-4,9-12,14H2,(H,30,31)(H,33,36). The van der Waals surface area contributed by atoms with Gasteiger partial charge in [0.2, 0.25) is 0 Å². The van der Waals surface area contributed by atoms with Gasteiger partial charge < -0.3 is 14.8 Å². The van der Waals surface area contributed by atoms with Gasteiger partial charge in [-0.15, -0.1) is 0 Å². The van der Waals surface area contributed by atoms with Crippen molar-refractivity contribution in [1.82, 2.24) is 30.0 Å². The summed E-state index contributed by atoms with van der Waals surface area (Å²) in [7, 11) is 0. The Morgan fingerprint density at radius 1 is 0.921 bits per heavy atom. The average Bonchev–Trinajstić information content (AvgIpc) is 3.43. The number of aromatic amines is 2. The van der Waals surface area contributed by atoms with E-state index in [1.165, 1.54) is 6.07 Å². The minimum Gasteiger partial charge on any atom is -0.345 e. The number of rotatable bonds is 4. The van der Waals surface area contributed by atoms with Crippen LogP contribution in [0.15, 0.2) is 47.5 Å². The van der Waals surface area contributed by atoms with Crippen LogP contribution in [0.4, 0.5) is 4.39 Å². The van der Waals surface area contributed by atoms with Crippen LogP contribution in [-0.2, 0) is 19.3 Å². The first-order chi connectivity index (χ1) is 18.5. The third-order valence-electron chi connectivity index (χ3n) is 7.54. The molecule has 0 bridgehead atoms. The molecule has 0 radical (unpaired) electrons. The normalized spacial score (nSPS) is 15.5. The molecule has 3 heterocycles. The van der Waals surface area contributed by atoms with Crippen LogP contribution < -0.4 is 5.56 Å². The Morgan fingerprint density at radius 3 is 2.45 bits per heavy atom. The molecular formula is C28H27FN6O3. The van der Waals surface area contributed by atoms with E-state index in [-0.39, 0.29) is 17.0 Å². The fourth-order valence-corrected chi connectivity index (χ4v) is 5.44. The number of H-pyrrole nitrogens is 2. The van der Waals surface area contributed by atoms with Crippen molar-refractivity contribution in [1.29, 1.82) is 0 Å². The molecule has 2 aromatic heterocycles. The van der Waals surface area contributed by atoms with Gasteiger partial charge in [-0.1, -0.05) is 6.07 Å². The molecule has 2 aliphatic rings. The molecule has 2 N–H and O–H groups in total. The number of hydrogen-bond acceptors (Lipinski definition) is 5. The van der Waals surface area contributed by atoms with Crippen LogP contribution in [0, 0.1) is 5.82 Å². The highest BCUT2D eigenvalue weighted by Crippen LogP contribution is 2.23. The summed E-state index contributed by atoms with van der Waals surface area (Å²) in [5.74, 6) is -1.10. The Balaban J connectivity index is 1.15. The van der Waals surface area contributed by atoms with Gasteiger partial charge in [0.15, 0.2) is 0 Å². The van der Waals surface area contributed by atoms with Gasteiger partial charge in [-0.05, 0) is 67.1 Å². The van der Waals surface area contributed by atoms with Crippen LogP contribution in [0.3, 0.4) is 0 Å². The summed E-state index contributed by atoms with van der Waals surface area (Å²) in [6, 6.07) is 9.88. The molecule has 1 saturated heterocycles. The molecule has 0 atom stereocenters. The summed E-state index contributed by atoms with van der Waals surface area (Å²) in [5, 5.41) is 6.86. The van der Waals surface area contributed by atoms with Crippen molar-refractivity contribution in [3.8, 4) is 0 Å². The molecule has 2 aromatic carbocycles. The van der Waals surface area contributed by atoms with E-state index in [2.05, 4.69) is 20.2 Å². The van der Waals surface area contributed by atoms with Gasteiger partial charge in [-0.3, -0.25) is 14.4 Å². The fraction of sp³-hybridized carbons (Fsp3) is 0.321. The summed E-state index contributed by atoms with van der Waals surface area (Å²) in [5.41, 5.74) is 5.27. The Morgan fingerprint density at radius 2 is 1.66 bits per heavy atom. The molecule has 0 spiro atoms. The minimum absolute atomic E-state index is 0.00422. The number of fused-ring (bicyclic) bond motifs is 2. The molecule has 0 saturated carbocycles. The Labute approximate surface area is 217 Å². The van der Waals surface area contributed by atoms with Crippen molar-refractivity contribution in [3.05, 3.63) is 92.4 Å². The smallest absolute Gasteiger partial charge is 0.267 e. The number of imidazole rings is 1. The second-order valence-electron chi connectivity index (χ2n) is 9.87. The van der Waals surface area contributed by atoms with Gasteiger partial charge in [0.25, 0.3) is 17.4 Å². The number of piperazine rings is 1. The Kier molecular flexibility index (Phi) is 6.22. The first-order valence-corrected chi connectivity index (χ1v) is 12.9. The van der Waals surface area contributed by atoms with Crippen LogP contribution >= 0.6 is 0 Å². The van der Waals surface area contributed by atoms with Crippen molar-refractivity contribution in [2.75, 3.05) is 26.2 Å². The number of amides is 2. The molecule has 38 heavy (non-hydrogen) atoms. The number of nitrogens with one attached hydrogen (secondary N) is 2. The van der Waals surface area contributed by atoms with Gasteiger partial charge in [0, 0.05) is 43.7 Å². The summed E-state index contributed by atoms with van der Waals surface area (Å²) in [6.07, 6.45) is 5.51. The topological polar surface area (TPSA) is 115 Å². The van der Waals surface area contributed by atoms with Crippen molar-refractivity contribution in [3.63, 3.8) is 0 Å². The minimum atomic E-state index is -0.582. The fourth-order valence-electron chi connectivity index (χ4n) is 5.44. The van der Waals surface area contributed by atoms with E-state index in [0.29, 0.717) is 38.2 Å². The van der Waals surface area contributed by atoms with Gasteiger partial charge >= 0.3 is 0 Å². The highest BCUT2D eigenvalue weighted by atomic mass is 19.1. The van der Waals surface area contributed by atoms with E-state index >= 15 is 0 Å². The van der Waals surface area contributed by atoms with Crippen LogP contribution in [0.25, 0.3) is 11.0 Å². The predicted octanol–water partition coefficient (Wildman–Crippen LogP) is 2.85. The van der Waals surface area contributed by atoms with Crippen LogP contribution in [-0.4, -0.2) is 68.0 Å². The lowest BCUT2D eigenvalue weighted by Gasteiger charge is -2.35. The molecule has 6 rings (SSSR count). The largest absolute Gasteiger partial charge is 0.345 e. The summed E-state index contributed by atoms with van der Waals surface area (Å²) in [6.45, 7) is 1.34. The zero-order chi connectivity index (χ0) is 26.2. The van der Waals surface area contributed by atoms with Crippen molar-refractivity contribution >= 4 is 22.8 Å². The van der Waals surface area contributed by atoms with E-state index in [1.54, 1.807) is 40.4 Å². The molecule has 1 aliphatic carbocycles. The molecule has 0 unspecified atom stereocenters. The zero-order valence-corrected chi connectivity index (χ0v) is 20.8. The SMILES string of the molecule is O=C(c1ccc2[nH]cnc2c1)N1CCN(C(=O)c2cc(Cc3n[nH]c(=O)c4c3CCCC4)ccc2F)CC1. The second kappa shape index (κ2) is 9.85. The summed E-state index contributed by atoms with van der Waals surface area (Å²) >= 11 is 0. The predicted molar refractivity (Wildman–Crippen MR) is 139 cm³/mol. The van der Waals surface area contributed by atoms with Crippen molar-refractivity contribution in [2.24, 2.45) is 0 Å². The number of carbonyl (C=O) groups excluding carboxylic acids is 2. The second-order valence-corrected chi connectivity index (χ2v) is 9.87. The number of benzene rings is 2. The maximum absolute atomic E-state index is 14.8. The Hall–Kier alpha value is -4.34. The monoisotopic (exact) mass is 514 g/mol. The molecule has 2 amide bonds. The molecule has 1 fully saturated rings. The van der Waals surface area contributed by atoms with E-state index < -0.39 is 11.7 Å². The molecular weight excluding hydrogens is 487 g/mol. The Bertz CT molecular complexity index is 1600. The van der Waals surface area contributed by atoms with E-state index in [9.17, 15) is 18.8 Å². The summed E-state index contributed by atoms with van der Waals surface area (Å²) < 4.78 is 14.8. The summed E-state index contributed by atoms with van der Waals surface area (Å²) in [4.78, 5) is 49.0. The lowest BCUT2D eigenvalue weighted by atomic mass is 9.90. The van der Waals surface area contributed by atoms with Gasteiger partial charge in [-0.25, -0.2) is 14.5 Å². The van der Waals surface area contributed by atoms with Crippen molar-refractivity contribution < 1.29 is 14.0 Å². The van der Waals surface area contributed by atoms with Crippen molar-refractivity contribution in [2.45, 2.75) is 32.1 Å². The molecule has 1 aliphatic heterocycles. The first-order valence-electron chi connectivity index (χ1n) is 12.9. The third-order valence-corrected chi connectivity index (χ3v) is 7.54. The lowest BCUT2D eigenvalue weighted by Crippen LogP contribution is -2.50. The highest BCUT2D eigenvalue weighted by molar-refractivity contribution is 5.98. The maximum atomic E-state index is 14.8. The van der Waals surface area contributed by atoms with Gasteiger partial charge in [-0.2, -0.15) is 5.10 Å². The van der Waals surface area contributed by atoms with Crippen LogP contribution in [0.1, 0.15) is 55.9 Å². The van der Waals surface area contributed by atoms with Crippen LogP contribution in [0.2, 0.25) is 0 Å². The number of nitrogens with zero attached hydrogens (tertiary/aromatic N) is 4. The number of carbonyl (C=O) groups is 2. The highest BCUT2D eigenvalue weighted by Gasteiger charge is 2.27. The van der Waals surface area contributed by atoms with Crippen LogP contribution in [0.5, 0.6) is 0 Å². The number of aromatic nitrogens is 4. The van der Waals surface area contributed by atoms with Gasteiger partial charge in [0.05, 0.1) is 28.6 Å². The van der Waals surface area contributed by atoms with E-state index in [4.69, 9.17) is 0 Å². The number of hydrogen-bond donors (Lipinski definition) is 2. The third kappa shape index (κ3) is 4.46. The number of halogens is 1. The van der Waals surface area contributed by atoms with Gasteiger partial charge in [0.1, 0.15) is 5.82 Å². The average molecular weight is 515 g/mol. The maximum Gasteiger partial charge on any atom is 0.267 e. The molecule has 4 aromatic rings. The quantitative estimate of drug-likeness (QED) is 0.435. The van der Waals surface area contributed by atoms with E-state index in [0.717, 1.165) is 59.1 Å². The molecule has 9 nitrogen and oxygen atoms in total.